The van der Waals surface area contributed by atoms with Gasteiger partial charge in [-0.3, -0.25) is 4.98 Å². The quantitative estimate of drug-likeness (QED) is 0.801. The lowest BCUT2D eigenvalue weighted by molar-refractivity contribution is 0.122. The van der Waals surface area contributed by atoms with Gasteiger partial charge in [0.05, 0.1) is 13.2 Å². The van der Waals surface area contributed by atoms with E-state index < -0.39 is 10.0 Å². The Labute approximate surface area is 146 Å². The van der Waals surface area contributed by atoms with Gasteiger partial charge in [-0.15, -0.1) is 0 Å². The zero-order valence-corrected chi connectivity index (χ0v) is 14.5. The summed E-state index contributed by atoms with van der Waals surface area (Å²) in [5.74, 6) is 1.03. The molecule has 0 unspecified atom stereocenters. The molecule has 25 heavy (non-hydrogen) atoms. The number of rotatable bonds is 3. The van der Waals surface area contributed by atoms with E-state index in [9.17, 15) is 8.42 Å². The highest BCUT2D eigenvalue weighted by Gasteiger charge is 2.31. The normalized spacial score (nSPS) is 18.1. The van der Waals surface area contributed by atoms with Gasteiger partial charge in [0.1, 0.15) is 4.90 Å². The summed E-state index contributed by atoms with van der Waals surface area (Å²) in [6.07, 6.45) is 6.19. The van der Waals surface area contributed by atoms with Gasteiger partial charge in [-0.05, 0) is 25.0 Å². The van der Waals surface area contributed by atoms with Crippen molar-refractivity contribution >= 4 is 21.8 Å². The third-order valence-electron chi connectivity index (χ3n) is 4.39. The van der Waals surface area contributed by atoms with Crippen LogP contribution < -0.4 is 9.21 Å². The summed E-state index contributed by atoms with van der Waals surface area (Å²) < 4.78 is 32.8. The minimum Gasteiger partial charge on any atom is -0.378 e. The number of anilines is 2. The molecule has 0 aliphatic carbocycles. The predicted molar refractivity (Wildman–Crippen MR) is 92.2 cm³/mol. The van der Waals surface area contributed by atoms with Crippen LogP contribution in [0.3, 0.4) is 0 Å². The molecule has 1 saturated heterocycles. The third kappa shape index (κ3) is 3.05. The molecule has 0 bridgehead atoms. The summed E-state index contributed by atoms with van der Waals surface area (Å²) in [4.78, 5) is 15.2. The summed E-state index contributed by atoms with van der Waals surface area (Å²) in [6, 6.07) is 3.18. The number of morpholine rings is 1. The summed E-state index contributed by atoms with van der Waals surface area (Å²) >= 11 is 0. The van der Waals surface area contributed by atoms with E-state index >= 15 is 0 Å². The molecule has 9 heteroatoms. The van der Waals surface area contributed by atoms with E-state index in [1.54, 1.807) is 24.5 Å². The second-order valence-electron chi connectivity index (χ2n) is 5.99. The molecular formula is C16H19N5O3S. The van der Waals surface area contributed by atoms with E-state index in [2.05, 4.69) is 15.0 Å². The number of ether oxygens (including phenoxy) is 1. The lowest BCUT2D eigenvalue weighted by Crippen LogP contribution is -2.39. The molecule has 2 aromatic rings. The molecule has 2 aliphatic heterocycles. The first-order valence-corrected chi connectivity index (χ1v) is 9.72. The molecular weight excluding hydrogens is 342 g/mol. The van der Waals surface area contributed by atoms with Crippen molar-refractivity contribution in [2.75, 3.05) is 42.1 Å². The largest absolute Gasteiger partial charge is 0.378 e. The van der Waals surface area contributed by atoms with Gasteiger partial charge in [-0.1, -0.05) is 0 Å². The summed E-state index contributed by atoms with van der Waals surface area (Å²) in [7, 11) is -3.69. The van der Waals surface area contributed by atoms with Crippen molar-refractivity contribution in [1.82, 2.24) is 15.0 Å². The van der Waals surface area contributed by atoms with Crippen LogP contribution in [0, 0.1) is 0 Å². The Morgan fingerprint density at radius 1 is 1.12 bits per heavy atom. The van der Waals surface area contributed by atoms with Crippen molar-refractivity contribution < 1.29 is 13.2 Å². The smallest absolute Gasteiger partial charge is 0.267 e. The zero-order valence-electron chi connectivity index (χ0n) is 13.7. The molecule has 4 rings (SSSR count). The Balaban J connectivity index is 1.73. The highest BCUT2D eigenvalue weighted by molar-refractivity contribution is 7.92. The molecule has 0 amide bonds. The maximum Gasteiger partial charge on any atom is 0.267 e. The summed E-state index contributed by atoms with van der Waals surface area (Å²) in [5, 5.41) is 0. The highest BCUT2D eigenvalue weighted by atomic mass is 32.2. The fourth-order valence-corrected chi connectivity index (χ4v) is 4.53. The molecule has 2 aromatic heterocycles. The number of aryl methyl sites for hydroxylation is 1. The molecule has 0 saturated carbocycles. The predicted octanol–water partition coefficient (Wildman–Crippen LogP) is 0.850. The lowest BCUT2D eigenvalue weighted by atomic mass is 10.1. The molecule has 0 aromatic carbocycles. The Hall–Kier alpha value is -2.26. The van der Waals surface area contributed by atoms with E-state index in [-0.39, 0.29) is 4.90 Å². The van der Waals surface area contributed by atoms with Crippen LogP contribution in [0.4, 0.5) is 11.8 Å². The van der Waals surface area contributed by atoms with Crippen LogP contribution in [0.25, 0.3) is 0 Å². The van der Waals surface area contributed by atoms with Gasteiger partial charge in [-0.2, -0.15) is 4.98 Å². The van der Waals surface area contributed by atoms with Crippen molar-refractivity contribution in [3.05, 3.63) is 36.3 Å². The molecule has 132 valence electrons. The van der Waals surface area contributed by atoms with Gasteiger partial charge in [0.25, 0.3) is 10.0 Å². The summed E-state index contributed by atoms with van der Waals surface area (Å²) in [5.41, 5.74) is 0.857. The molecule has 0 atom stereocenters. The number of aromatic nitrogens is 3. The number of hydrogen-bond acceptors (Lipinski definition) is 7. The molecule has 0 radical (unpaired) electrons. The van der Waals surface area contributed by atoms with Crippen molar-refractivity contribution in [1.29, 1.82) is 0 Å². The average Bonchev–Trinajstić information content (AvgIpc) is 2.68. The molecule has 2 aliphatic rings. The van der Waals surface area contributed by atoms with Gasteiger partial charge in [0, 0.05) is 43.8 Å². The van der Waals surface area contributed by atoms with Crippen LogP contribution in [-0.4, -0.2) is 56.2 Å². The van der Waals surface area contributed by atoms with E-state index in [0.717, 1.165) is 18.4 Å². The van der Waals surface area contributed by atoms with Crippen molar-refractivity contribution in [2.45, 2.75) is 17.7 Å². The molecule has 1 fully saturated rings. The second-order valence-corrected chi connectivity index (χ2v) is 7.85. The Morgan fingerprint density at radius 3 is 2.72 bits per heavy atom. The van der Waals surface area contributed by atoms with E-state index in [0.29, 0.717) is 44.6 Å². The number of pyridine rings is 1. The molecule has 0 spiro atoms. The maximum absolute atomic E-state index is 13.0. The van der Waals surface area contributed by atoms with Crippen LogP contribution in [0.2, 0.25) is 0 Å². The van der Waals surface area contributed by atoms with Crippen LogP contribution in [-0.2, 0) is 21.2 Å². The SMILES string of the molecule is O=S(=O)(c1cccnc1)N1CCCc2cnc(N3CCOCC3)nc21. The van der Waals surface area contributed by atoms with Crippen LogP contribution in [0.1, 0.15) is 12.0 Å². The minimum absolute atomic E-state index is 0.175. The first-order chi connectivity index (χ1) is 12.2. The monoisotopic (exact) mass is 361 g/mol. The number of sulfonamides is 1. The standard InChI is InChI=1S/C16H19N5O3S/c22-25(23,14-4-1-5-17-12-14)21-6-2-3-13-11-18-16(19-15(13)21)20-7-9-24-10-8-20/h1,4-5,11-12H,2-3,6-10H2. The number of nitrogens with zero attached hydrogens (tertiary/aromatic N) is 5. The fraction of sp³-hybridized carbons (Fsp3) is 0.438. The third-order valence-corrected chi connectivity index (χ3v) is 6.16. The van der Waals surface area contributed by atoms with Gasteiger partial charge >= 0.3 is 0 Å². The first-order valence-electron chi connectivity index (χ1n) is 8.27. The Kier molecular flexibility index (Phi) is 4.26. The number of hydrogen-bond donors (Lipinski definition) is 0. The van der Waals surface area contributed by atoms with Crippen molar-refractivity contribution in [2.24, 2.45) is 0 Å². The molecule has 8 nitrogen and oxygen atoms in total. The van der Waals surface area contributed by atoms with E-state index in [1.807, 2.05) is 4.90 Å². The highest BCUT2D eigenvalue weighted by Crippen LogP contribution is 2.31. The lowest BCUT2D eigenvalue weighted by Gasteiger charge is -2.31. The van der Waals surface area contributed by atoms with Gasteiger partial charge in [0.15, 0.2) is 5.82 Å². The van der Waals surface area contributed by atoms with Gasteiger partial charge in [-0.25, -0.2) is 17.7 Å². The van der Waals surface area contributed by atoms with E-state index in [4.69, 9.17) is 4.74 Å². The van der Waals surface area contributed by atoms with Gasteiger partial charge in [0.2, 0.25) is 5.95 Å². The molecule has 0 N–H and O–H groups in total. The Bertz CT molecular complexity index is 853. The topological polar surface area (TPSA) is 88.5 Å². The summed E-state index contributed by atoms with van der Waals surface area (Å²) in [6.45, 7) is 3.06. The van der Waals surface area contributed by atoms with Gasteiger partial charge < -0.3 is 9.64 Å². The maximum atomic E-state index is 13.0. The first kappa shape index (κ1) is 16.2. The van der Waals surface area contributed by atoms with Crippen molar-refractivity contribution in [3.63, 3.8) is 0 Å². The second kappa shape index (κ2) is 6.57. The van der Waals surface area contributed by atoms with Crippen LogP contribution >= 0.6 is 0 Å². The molecule has 4 heterocycles. The minimum atomic E-state index is -3.69. The van der Waals surface area contributed by atoms with Crippen LogP contribution in [0.15, 0.2) is 35.6 Å². The van der Waals surface area contributed by atoms with Crippen LogP contribution in [0.5, 0.6) is 0 Å². The zero-order chi connectivity index (χ0) is 17.3. The fourth-order valence-electron chi connectivity index (χ4n) is 3.08. The number of fused-ring (bicyclic) bond motifs is 1. The van der Waals surface area contributed by atoms with Crippen molar-refractivity contribution in [3.8, 4) is 0 Å². The van der Waals surface area contributed by atoms with E-state index in [1.165, 1.54) is 10.5 Å². The average molecular weight is 361 g/mol. The Morgan fingerprint density at radius 2 is 1.96 bits per heavy atom.